The lowest BCUT2D eigenvalue weighted by Gasteiger charge is -2.21. The topological polar surface area (TPSA) is 24.5 Å². The van der Waals surface area contributed by atoms with Gasteiger partial charge in [0, 0.05) is 19.1 Å². The second kappa shape index (κ2) is 7.34. The van der Waals surface area contributed by atoms with E-state index >= 15 is 0 Å². The first kappa shape index (κ1) is 14.9. The number of para-hydroxylation sites is 1. The van der Waals surface area contributed by atoms with Crippen LogP contribution in [-0.2, 0) is 0 Å². The van der Waals surface area contributed by atoms with Gasteiger partial charge in [0.2, 0.25) is 0 Å². The lowest BCUT2D eigenvalue weighted by molar-refractivity contribution is 0.226. The zero-order valence-corrected chi connectivity index (χ0v) is 12.7. The summed E-state index contributed by atoms with van der Waals surface area (Å²) in [4.78, 5) is 2.27. The molecule has 1 aromatic rings. The monoisotopic (exact) mass is 302 g/mol. The number of hydrogen-bond donors (Lipinski definition) is 1. The van der Waals surface area contributed by atoms with Crippen molar-refractivity contribution in [1.29, 1.82) is 0 Å². The summed E-state index contributed by atoms with van der Waals surface area (Å²) in [5.74, 6) is 0.582. The SMILES string of the molecule is CN(CCOc1c(Cl)cccc1Cl)CC1CCCN1. The molecule has 0 aromatic heterocycles. The van der Waals surface area contributed by atoms with E-state index in [0.29, 0.717) is 28.4 Å². The van der Waals surface area contributed by atoms with Crippen LogP contribution in [-0.4, -0.2) is 44.2 Å². The molecule has 0 amide bonds. The molecule has 5 heteroatoms. The van der Waals surface area contributed by atoms with Crippen molar-refractivity contribution in [2.24, 2.45) is 0 Å². The Morgan fingerprint density at radius 1 is 1.37 bits per heavy atom. The highest BCUT2D eigenvalue weighted by Crippen LogP contribution is 2.32. The van der Waals surface area contributed by atoms with Crippen molar-refractivity contribution in [2.75, 3.05) is 33.3 Å². The van der Waals surface area contributed by atoms with E-state index in [-0.39, 0.29) is 0 Å². The van der Waals surface area contributed by atoms with Crippen LogP contribution in [0.15, 0.2) is 18.2 Å². The minimum atomic E-state index is 0.563. The van der Waals surface area contributed by atoms with E-state index in [1.807, 2.05) is 6.07 Å². The Labute approximate surface area is 124 Å². The maximum absolute atomic E-state index is 6.05. The number of benzene rings is 1. The van der Waals surface area contributed by atoms with Crippen LogP contribution in [0.2, 0.25) is 10.0 Å². The van der Waals surface area contributed by atoms with Crippen molar-refractivity contribution in [1.82, 2.24) is 10.2 Å². The average Bonchev–Trinajstić information content (AvgIpc) is 2.85. The number of ether oxygens (including phenoxy) is 1. The summed E-state index contributed by atoms with van der Waals surface area (Å²) in [7, 11) is 2.11. The summed E-state index contributed by atoms with van der Waals surface area (Å²) in [6.07, 6.45) is 2.55. The maximum Gasteiger partial charge on any atom is 0.156 e. The Balaban J connectivity index is 1.73. The predicted molar refractivity (Wildman–Crippen MR) is 80.5 cm³/mol. The Kier molecular flexibility index (Phi) is 5.76. The minimum Gasteiger partial charge on any atom is -0.489 e. The molecule has 0 bridgehead atoms. The van der Waals surface area contributed by atoms with Crippen molar-refractivity contribution in [2.45, 2.75) is 18.9 Å². The highest BCUT2D eigenvalue weighted by atomic mass is 35.5. The van der Waals surface area contributed by atoms with Gasteiger partial charge in [-0.05, 0) is 38.6 Å². The second-order valence-electron chi connectivity index (χ2n) is 4.95. The van der Waals surface area contributed by atoms with Crippen molar-refractivity contribution >= 4 is 23.2 Å². The summed E-state index contributed by atoms with van der Waals surface area (Å²) in [5, 5.41) is 4.61. The smallest absolute Gasteiger partial charge is 0.156 e. The van der Waals surface area contributed by atoms with Crippen molar-refractivity contribution in [3.05, 3.63) is 28.2 Å². The predicted octanol–water partition coefficient (Wildman–Crippen LogP) is 3.06. The molecule has 1 fully saturated rings. The van der Waals surface area contributed by atoms with Crippen molar-refractivity contribution < 1.29 is 4.74 Å². The molecule has 1 unspecified atom stereocenters. The molecule has 0 aliphatic carbocycles. The lowest BCUT2D eigenvalue weighted by Crippen LogP contribution is -2.37. The van der Waals surface area contributed by atoms with Gasteiger partial charge >= 0.3 is 0 Å². The molecular weight excluding hydrogens is 283 g/mol. The third-order valence-electron chi connectivity index (χ3n) is 3.33. The summed E-state index contributed by atoms with van der Waals surface area (Å²) < 4.78 is 5.68. The average molecular weight is 303 g/mol. The number of likely N-dealkylation sites (N-methyl/N-ethyl adjacent to an activating group) is 1. The molecule has 2 rings (SSSR count). The fourth-order valence-corrected chi connectivity index (χ4v) is 2.81. The van der Waals surface area contributed by atoms with Gasteiger partial charge in [-0.1, -0.05) is 29.3 Å². The first-order valence-corrected chi connectivity index (χ1v) is 7.41. The highest BCUT2D eigenvalue weighted by Gasteiger charge is 2.15. The van der Waals surface area contributed by atoms with Gasteiger partial charge in [0.05, 0.1) is 10.0 Å². The normalized spacial score (nSPS) is 19.1. The number of rotatable bonds is 6. The second-order valence-corrected chi connectivity index (χ2v) is 5.77. The van der Waals surface area contributed by atoms with Gasteiger partial charge in [-0.2, -0.15) is 0 Å². The highest BCUT2D eigenvalue weighted by molar-refractivity contribution is 6.37. The molecule has 1 aliphatic heterocycles. The number of nitrogens with zero attached hydrogens (tertiary/aromatic N) is 1. The van der Waals surface area contributed by atoms with E-state index in [1.54, 1.807) is 12.1 Å². The number of hydrogen-bond acceptors (Lipinski definition) is 3. The minimum absolute atomic E-state index is 0.563. The Morgan fingerprint density at radius 3 is 2.74 bits per heavy atom. The van der Waals surface area contributed by atoms with Crippen LogP contribution in [0, 0.1) is 0 Å². The van der Waals surface area contributed by atoms with E-state index in [2.05, 4.69) is 17.3 Å². The molecule has 1 heterocycles. The molecule has 1 saturated heterocycles. The molecule has 3 nitrogen and oxygen atoms in total. The molecule has 1 atom stereocenters. The van der Waals surface area contributed by atoms with E-state index < -0.39 is 0 Å². The van der Waals surface area contributed by atoms with Crippen molar-refractivity contribution in [3.63, 3.8) is 0 Å². The van der Waals surface area contributed by atoms with Gasteiger partial charge in [0.15, 0.2) is 5.75 Å². The molecule has 0 saturated carbocycles. The molecule has 1 aromatic carbocycles. The zero-order chi connectivity index (χ0) is 13.7. The molecule has 19 heavy (non-hydrogen) atoms. The van der Waals surface area contributed by atoms with E-state index in [9.17, 15) is 0 Å². The third-order valence-corrected chi connectivity index (χ3v) is 3.93. The fourth-order valence-electron chi connectivity index (χ4n) is 2.30. The molecule has 106 valence electrons. The summed E-state index contributed by atoms with van der Waals surface area (Å²) >= 11 is 12.1. The summed E-state index contributed by atoms with van der Waals surface area (Å²) in [6.45, 7) is 3.65. The van der Waals surface area contributed by atoms with Crippen LogP contribution < -0.4 is 10.1 Å². The van der Waals surface area contributed by atoms with Crippen molar-refractivity contribution in [3.8, 4) is 5.75 Å². The van der Waals surface area contributed by atoms with Gasteiger partial charge < -0.3 is 15.0 Å². The summed E-state index contributed by atoms with van der Waals surface area (Å²) in [6, 6.07) is 6.01. The van der Waals surface area contributed by atoms with Crippen LogP contribution >= 0.6 is 23.2 Å². The molecule has 0 spiro atoms. The third kappa shape index (κ3) is 4.53. The standard InChI is InChI=1S/C14H20Cl2N2O/c1-18(10-11-4-3-7-17-11)8-9-19-14-12(15)5-2-6-13(14)16/h2,5-6,11,17H,3-4,7-10H2,1H3. The first-order chi connectivity index (χ1) is 9.16. The van der Waals surface area contributed by atoms with Gasteiger partial charge in [-0.25, -0.2) is 0 Å². The maximum atomic E-state index is 6.05. The molecular formula is C14H20Cl2N2O. The number of nitrogens with one attached hydrogen (secondary N) is 1. The van der Waals surface area contributed by atoms with Gasteiger partial charge in [0.25, 0.3) is 0 Å². The van der Waals surface area contributed by atoms with Crippen LogP contribution in [0.3, 0.4) is 0 Å². The van der Waals surface area contributed by atoms with Crippen LogP contribution in [0.5, 0.6) is 5.75 Å². The van der Waals surface area contributed by atoms with Gasteiger partial charge in [0.1, 0.15) is 6.61 Å². The largest absolute Gasteiger partial charge is 0.489 e. The first-order valence-electron chi connectivity index (χ1n) is 6.65. The quantitative estimate of drug-likeness (QED) is 0.874. The summed E-state index contributed by atoms with van der Waals surface area (Å²) in [5.41, 5.74) is 0. The molecule has 1 aliphatic rings. The van der Waals surface area contributed by atoms with Crippen LogP contribution in [0.1, 0.15) is 12.8 Å². The fraction of sp³-hybridized carbons (Fsp3) is 0.571. The Hall–Kier alpha value is -0.480. The van der Waals surface area contributed by atoms with Crippen LogP contribution in [0.25, 0.3) is 0 Å². The van der Waals surface area contributed by atoms with Gasteiger partial charge in [-0.15, -0.1) is 0 Å². The number of halogens is 2. The Morgan fingerprint density at radius 2 is 2.11 bits per heavy atom. The van der Waals surface area contributed by atoms with E-state index in [4.69, 9.17) is 27.9 Å². The van der Waals surface area contributed by atoms with Gasteiger partial charge in [-0.3, -0.25) is 0 Å². The molecule has 1 N–H and O–H groups in total. The van der Waals surface area contributed by atoms with E-state index in [0.717, 1.165) is 19.6 Å². The molecule has 0 radical (unpaired) electrons. The lowest BCUT2D eigenvalue weighted by atomic mass is 10.2. The van der Waals surface area contributed by atoms with E-state index in [1.165, 1.54) is 12.8 Å². The Bertz CT molecular complexity index is 388. The zero-order valence-electron chi connectivity index (χ0n) is 11.2. The van der Waals surface area contributed by atoms with Crippen LogP contribution in [0.4, 0.5) is 0 Å².